The van der Waals surface area contributed by atoms with Crippen molar-refractivity contribution in [2.75, 3.05) is 0 Å². The van der Waals surface area contributed by atoms with E-state index < -0.39 is 15.2 Å². The molecule has 2 aromatic carbocycles. The molecule has 2 aromatic rings. The number of nitrogens with zero attached hydrogens (tertiary/aromatic N) is 1. The van der Waals surface area contributed by atoms with E-state index in [1.165, 1.54) is 0 Å². The van der Waals surface area contributed by atoms with E-state index in [-0.39, 0.29) is 4.90 Å². The molecule has 0 fully saturated rings. The second kappa shape index (κ2) is 5.25. The Balaban J connectivity index is 2.49. The van der Waals surface area contributed by atoms with Crippen molar-refractivity contribution in [1.29, 1.82) is 0 Å². The molecule has 96 valence electrons. The second-order valence-corrected chi connectivity index (χ2v) is 6.26. The molecule has 1 atom stereocenters. The number of hydrogen-bond donors (Lipinski definition) is 0. The molecule has 0 amide bonds. The third kappa shape index (κ3) is 2.67. The summed E-state index contributed by atoms with van der Waals surface area (Å²) in [6.07, 6.45) is 0. The number of aryl methyl sites for hydroxylation is 1. The predicted octanol–water partition coefficient (Wildman–Crippen LogP) is 3.39. The Kier molecular flexibility index (Phi) is 3.68. The maximum atomic E-state index is 12.5. The first-order valence-corrected chi connectivity index (χ1v) is 7.32. The highest BCUT2D eigenvalue weighted by Crippen LogP contribution is 2.30. The Labute approximate surface area is 113 Å². The van der Waals surface area contributed by atoms with Crippen LogP contribution in [0, 0.1) is 13.5 Å². The highest BCUT2D eigenvalue weighted by molar-refractivity contribution is 7.91. The van der Waals surface area contributed by atoms with Crippen molar-refractivity contribution in [1.82, 2.24) is 0 Å². The van der Waals surface area contributed by atoms with Gasteiger partial charge in [-0.15, -0.1) is 0 Å². The molecule has 0 saturated carbocycles. The van der Waals surface area contributed by atoms with Gasteiger partial charge in [-0.05, 0) is 19.1 Å². The Morgan fingerprint density at radius 3 is 2.11 bits per heavy atom. The zero-order valence-corrected chi connectivity index (χ0v) is 11.3. The van der Waals surface area contributed by atoms with Crippen molar-refractivity contribution >= 4 is 9.84 Å². The molecule has 0 unspecified atom stereocenters. The van der Waals surface area contributed by atoms with Crippen LogP contribution in [-0.4, -0.2) is 8.42 Å². The molecule has 0 radical (unpaired) electrons. The fourth-order valence-electron chi connectivity index (χ4n) is 1.80. The molecule has 0 aliphatic rings. The molecule has 0 aromatic heterocycles. The van der Waals surface area contributed by atoms with Gasteiger partial charge in [0.25, 0.3) is 9.84 Å². The first-order chi connectivity index (χ1) is 9.05. The standard InChI is InChI=1S/C15H13NO2S/c1-12-8-10-14(11-9-12)19(17,18)15(16-2)13-6-4-3-5-7-13/h3-11,15H,1H3/t15-/m1/s1. The molecule has 19 heavy (non-hydrogen) atoms. The van der Waals surface area contributed by atoms with Gasteiger partial charge in [0.2, 0.25) is 0 Å². The summed E-state index contributed by atoms with van der Waals surface area (Å²) in [7, 11) is -3.68. The SMILES string of the molecule is [C-]#[N+][C@@H](c1ccccc1)S(=O)(=O)c1ccc(C)cc1. The Bertz CT molecular complexity index is 698. The minimum absolute atomic E-state index is 0.183. The van der Waals surface area contributed by atoms with E-state index in [9.17, 15) is 8.42 Å². The summed E-state index contributed by atoms with van der Waals surface area (Å²) in [4.78, 5) is 3.47. The number of hydrogen-bond acceptors (Lipinski definition) is 2. The number of benzene rings is 2. The molecule has 0 bridgehead atoms. The van der Waals surface area contributed by atoms with Gasteiger partial charge in [0.05, 0.1) is 10.5 Å². The summed E-state index contributed by atoms with van der Waals surface area (Å²) < 4.78 is 24.9. The Morgan fingerprint density at radius 2 is 1.58 bits per heavy atom. The van der Waals surface area contributed by atoms with Crippen LogP contribution in [-0.2, 0) is 9.84 Å². The van der Waals surface area contributed by atoms with Crippen molar-refractivity contribution in [2.45, 2.75) is 17.2 Å². The monoisotopic (exact) mass is 271 g/mol. The van der Waals surface area contributed by atoms with Crippen molar-refractivity contribution in [3.63, 3.8) is 0 Å². The van der Waals surface area contributed by atoms with Gasteiger partial charge in [0.15, 0.2) is 0 Å². The fourth-order valence-corrected chi connectivity index (χ4v) is 3.23. The number of rotatable bonds is 3. The van der Waals surface area contributed by atoms with E-state index in [4.69, 9.17) is 6.57 Å². The summed E-state index contributed by atoms with van der Waals surface area (Å²) >= 11 is 0. The van der Waals surface area contributed by atoms with Crippen LogP contribution >= 0.6 is 0 Å². The van der Waals surface area contributed by atoms with E-state index in [1.54, 1.807) is 54.6 Å². The van der Waals surface area contributed by atoms with Gasteiger partial charge in [-0.3, -0.25) is 4.85 Å². The van der Waals surface area contributed by atoms with Crippen molar-refractivity contribution in [3.8, 4) is 0 Å². The third-order valence-corrected chi connectivity index (χ3v) is 4.74. The van der Waals surface area contributed by atoms with Crippen molar-refractivity contribution < 1.29 is 8.42 Å². The third-order valence-electron chi connectivity index (χ3n) is 2.85. The molecule has 2 rings (SSSR count). The second-order valence-electron chi connectivity index (χ2n) is 4.25. The van der Waals surface area contributed by atoms with Gasteiger partial charge in [0.1, 0.15) is 0 Å². The maximum Gasteiger partial charge on any atom is 0.350 e. The minimum atomic E-state index is -3.68. The van der Waals surface area contributed by atoms with Crippen molar-refractivity contribution in [2.24, 2.45) is 0 Å². The van der Waals surface area contributed by atoms with Gasteiger partial charge in [0, 0.05) is 0 Å². The quantitative estimate of drug-likeness (QED) is 0.803. The molecule has 0 heterocycles. The Morgan fingerprint density at radius 1 is 1.00 bits per heavy atom. The lowest BCUT2D eigenvalue weighted by Crippen LogP contribution is -2.10. The lowest BCUT2D eigenvalue weighted by molar-refractivity contribution is 0.590. The van der Waals surface area contributed by atoms with Crippen LogP contribution in [0.25, 0.3) is 4.85 Å². The highest BCUT2D eigenvalue weighted by Gasteiger charge is 2.34. The van der Waals surface area contributed by atoms with E-state index in [1.807, 2.05) is 6.92 Å². The summed E-state index contributed by atoms with van der Waals surface area (Å²) in [6, 6.07) is 15.2. The molecular weight excluding hydrogens is 258 g/mol. The van der Waals surface area contributed by atoms with Gasteiger partial charge < -0.3 is 0 Å². The molecule has 0 spiro atoms. The van der Waals surface area contributed by atoms with Gasteiger partial charge in [-0.25, -0.2) is 15.0 Å². The molecule has 0 aliphatic carbocycles. The lowest BCUT2D eigenvalue weighted by Gasteiger charge is -2.08. The average Bonchev–Trinajstić information content (AvgIpc) is 2.41. The van der Waals surface area contributed by atoms with E-state index in [0.29, 0.717) is 5.56 Å². The first kappa shape index (κ1) is 13.3. The zero-order chi connectivity index (χ0) is 13.9. The lowest BCUT2D eigenvalue weighted by atomic mass is 10.2. The first-order valence-electron chi connectivity index (χ1n) is 5.78. The highest BCUT2D eigenvalue weighted by atomic mass is 32.2. The summed E-state index contributed by atoms with van der Waals surface area (Å²) in [5.41, 5.74) is 1.48. The van der Waals surface area contributed by atoms with E-state index in [2.05, 4.69) is 4.85 Å². The molecule has 4 heteroatoms. The molecule has 0 saturated heterocycles. The fraction of sp³-hybridized carbons (Fsp3) is 0.133. The smallest absolute Gasteiger partial charge is 0.291 e. The van der Waals surface area contributed by atoms with Crippen LogP contribution in [0.5, 0.6) is 0 Å². The van der Waals surface area contributed by atoms with E-state index >= 15 is 0 Å². The van der Waals surface area contributed by atoms with Crippen LogP contribution in [0.15, 0.2) is 59.5 Å². The van der Waals surface area contributed by atoms with Gasteiger partial charge in [-0.2, -0.15) is 0 Å². The Hall–Kier alpha value is -2.12. The van der Waals surface area contributed by atoms with Crippen LogP contribution in [0.3, 0.4) is 0 Å². The van der Waals surface area contributed by atoms with Gasteiger partial charge in [-0.1, -0.05) is 48.0 Å². The summed E-state index contributed by atoms with van der Waals surface area (Å²) in [5, 5.41) is -1.18. The largest absolute Gasteiger partial charge is 0.350 e. The topological polar surface area (TPSA) is 38.5 Å². The molecule has 0 aliphatic heterocycles. The molecule has 3 nitrogen and oxygen atoms in total. The average molecular weight is 271 g/mol. The van der Waals surface area contributed by atoms with Crippen LogP contribution in [0.4, 0.5) is 0 Å². The maximum absolute atomic E-state index is 12.5. The summed E-state index contributed by atoms with van der Waals surface area (Å²) in [5.74, 6) is 0. The predicted molar refractivity (Wildman–Crippen MR) is 74.1 cm³/mol. The van der Waals surface area contributed by atoms with Gasteiger partial charge >= 0.3 is 5.37 Å². The van der Waals surface area contributed by atoms with Crippen molar-refractivity contribution in [3.05, 3.63) is 77.1 Å². The summed E-state index contributed by atoms with van der Waals surface area (Å²) in [6.45, 7) is 9.08. The van der Waals surface area contributed by atoms with Crippen LogP contribution in [0.2, 0.25) is 0 Å². The number of sulfone groups is 1. The molecular formula is C15H13NO2S. The van der Waals surface area contributed by atoms with Crippen LogP contribution in [0.1, 0.15) is 16.5 Å². The minimum Gasteiger partial charge on any atom is -0.291 e. The normalized spacial score (nSPS) is 12.6. The molecule has 0 N–H and O–H groups in total. The van der Waals surface area contributed by atoms with E-state index in [0.717, 1.165) is 5.56 Å². The van der Waals surface area contributed by atoms with Crippen LogP contribution < -0.4 is 0 Å². The zero-order valence-electron chi connectivity index (χ0n) is 10.4.